The molecule has 0 saturated carbocycles. The van der Waals surface area contributed by atoms with E-state index in [-0.39, 0.29) is 23.8 Å². The van der Waals surface area contributed by atoms with Gasteiger partial charge in [0.05, 0.1) is 5.70 Å². The summed E-state index contributed by atoms with van der Waals surface area (Å²) in [5, 5.41) is 2.90. The smallest absolute Gasteiger partial charge is 0.407 e. The number of alkyl carbamates (subject to hydrolysis) is 1. The first-order chi connectivity index (χ1) is 23.9. The first-order valence-corrected chi connectivity index (χ1v) is 18.1. The first-order valence-electron chi connectivity index (χ1n) is 18.1. The van der Waals surface area contributed by atoms with Crippen LogP contribution in [0.1, 0.15) is 104 Å². The second kappa shape index (κ2) is 30.7. The number of Topliss-reactive ketones (excluding diaryl/α,β-unsaturated/α-hetero) is 1. The highest BCUT2D eigenvalue weighted by Crippen LogP contribution is 2.11. The number of amides is 2. The highest BCUT2D eigenvalue weighted by Gasteiger charge is 2.22. The Labute approximate surface area is 312 Å². The molecule has 1 heterocycles. The van der Waals surface area contributed by atoms with Crippen LogP contribution in [0.15, 0.2) is 90.8 Å². The van der Waals surface area contributed by atoms with Gasteiger partial charge in [0.25, 0.3) is 5.91 Å². The van der Waals surface area contributed by atoms with Crippen molar-refractivity contribution < 1.29 is 19.1 Å². The number of carbonyl (C=O) groups excluding carboxylic acids is 3. The number of hydrogen-bond donors (Lipinski definition) is 2. The van der Waals surface area contributed by atoms with Gasteiger partial charge in [-0.05, 0) is 73.0 Å². The van der Waals surface area contributed by atoms with Crippen LogP contribution in [0.3, 0.4) is 0 Å². The average Bonchev–Trinajstić information content (AvgIpc) is 3.07. The van der Waals surface area contributed by atoms with Crippen molar-refractivity contribution in [1.82, 2.24) is 20.0 Å². The number of benzene rings is 1. The SMILES string of the molecule is C=C/C(N)=C(\C(=O)N(C)C)N(C)C.C=C/C=C\CC=C(C)CCC.CC.CCC(=O)c1ccccc1.CN1CCCC(NC(=O)OC(C)(C)C)C1. The molecule has 1 aliphatic heterocycles. The van der Waals surface area contributed by atoms with Crippen molar-refractivity contribution >= 4 is 17.8 Å². The number of piperidine rings is 1. The molecule has 290 valence electrons. The number of nitrogens with one attached hydrogen (secondary N) is 1. The quantitative estimate of drug-likeness (QED) is 0.102. The third-order valence-electron chi connectivity index (χ3n) is 6.83. The number of nitrogens with two attached hydrogens (primary N) is 1. The first kappa shape index (κ1) is 51.3. The molecule has 0 aromatic heterocycles. The van der Waals surface area contributed by atoms with Gasteiger partial charge in [0, 0.05) is 52.8 Å². The summed E-state index contributed by atoms with van der Waals surface area (Å²) in [7, 11) is 8.98. The van der Waals surface area contributed by atoms with E-state index in [4.69, 9.17) is 10.5 Å². The molecule has 1 saturated heterocycles. The van der Waals surface area contributed by atoms with Crippen molar-refractivity contribution in [3.8, 4) is 0 Å². The summed E-state index contributed by atoms with van der Waals surface area (Å²) in [5.74, 6) is 0.0861. The van der Waals surface area contributed by atoms with Crippen LogP contribution in [0.5, 0.6) is 0 Å². The van der Waals surface area contributed by atoms with Crippen molar-refractivity contribution in [3.63, 3.8) is 0 Å². The number of nitrogens with zero attached hydrogens (tertiary/aromatic N) is 3. The van der Waals surface area contributed by atoms with Crippen molar-refractivity contribution in [2.45, 2.75) is 106 Å². The van der Waals surface area contributed by atoms with Crippen LogP contribution in [-0.4, -0.2) is 92.5 Å². The molecule has 0 radical (unpaired) electrons. The minimum Gasteiger partial charge on any atom is -0.444 e. The van der Waals surface area contributed by atoms with E-state index in [9.17, 15) is 14.4 Å². The van der Waals surface area contributed by atoms with E-state index < -0.39 is 5.60 Å². The molecule has 51 heavy (non-hydrogen) atoms. The lowest BCUT2D eigenvalue weighted by Crippen LogP contribution is -2.47. The van der Waals surface area contributed by atoms with Crippen molar-refractivity contribution in [2.24, 2.45) is 5.73 Å². The topological polar surface area (TPSA) is 108 Å². The second-order valence-electron chi connectivity index (χ2n) is 13.2. The highest BCUT2D eigenvalue weighted by molar-refractivity contribution is 5.95. The van der Waals surface area contributed by atoms with Crippen LogP contribution in [0.25, 0.3) is 0 Å². The minimum atomic E-state index is -0.412. The fourth-order valence-corrected chi connectivity index (χ4v) is 4.41. The van der Waals surface area contributed by atoms with E-state index in [1.54, 1.807) is 33.1 Å². The Balaban J connectivity index is -0.000000598. The summed E-state index contributed by atoms with van der Waals surface area (Å²) in [5.41, 5.74) is 8.37. The van der Waals surface area contributed by atoms with E-state index in [2.05, 4.69) is 56.4 Å². The summed E-state index contributed by atoms with van der Waals surface area (Å²) < 4.78 is 5.21. The van der Waals surface area contributed by atoms with Crippen LogP contribution in [0, 0.1) is 0 Å². The number of ketones is 1. The second-order valence-corrected chi connectivity index (χ2v) is 13.2. The molecular weight excluding hydrogens is 638 g/mol. The van der Waals surface area contributed by atoms with Gasteiger partial charge in [-0.2, -0.15) is 0 Å². The van der Waals surface area contributed by atoms with Gasteiger partial charge >= 0.3 is 6.09 Å². The van der Waals surface area contributed by atoms with Crippen LogP contribution in [-0.2, 0) is 9.53 Å². The molecule has 0 spiro atoms. The lowest BCUT2D eigenvalue weighted by Gasteiger charge is -2.31. The molecular formula is C42H73N5O4. The Morgan fingerprint density at radius 3 is 2.06 bits per heavy atom. The fraction of sp³-hybridized carbons (Fsp3) is 0.548. The van der Waals surface area contributed by atoms with Crippen LogP contribution < -0.4 is 11.1 Å². The standard InChI is InChI=1S/C11H22N2O2.C11H18.C9H17N3O.C9H10O.C2H6/c1-11(2,3)15-10(14)12-9-6-5-7-13(4)8-9;1-4-6-7-8-10-11(3)9-5-2;1-6-7(10)8(11(2)3)9(13)12(4)5;1-2-9(10)8-6-4-3-5-7-8;1-2/h9H,5-8H2,1-4H3,(H,12,14);4,6-7,10H,1,5,8-9H2,2-3H3;6H,1,10H2,2-5H3;3-7H,2H2,1H3;1-2H3/b;7-6-,11-10?;8-7-;;. The highest BCUT2D eigenvalue weighted by atomic mass is 16.6. The van der Waals surface area contributed by atoms with Gasteiger partial charge in [0.1, 0.15) is 11.3 Å². The monoisotopic (exact) mass is 712 g/mol. The summed E-state index contributed by atoms with van der Waals surface area (Å²) in [6.45, 7) is 25.1. The molecule has 0 aliphatic carbocycles. The van der Waals surface area contributed by atoms with Crippen molar-refractivity contribution in [3.05, 3.63) is 96.4 Å². The summed E-state index contributed by atoms with van der Waals surface area (Å²) in [4.78, 5) is 39.5. The third-order valence-corrected chi connectivity index (χ3v) is 6.83. The Bertz CT molecular complexity index is 1210. The number of hydrogen-bond acceptors (Lipinski definition) is 7. The zero-order chi connectivity index (χ0) is 40.0. The van der Waals surface area contributed by atoms with Gasteiger partial charge in [0.15, 0.2) is 5.78 Å². The van der Waals surface area contributed by atoms with Gasteiger partial charge in [-0.25, -0.2) is 4.79 Å². The maximum Gasteiger partial charge on any atom is 0.407 e. The van der Waals surface area contributed by atoms with E-state index in [0.29, 0.717) is 17.8 Å². The predicted octanol–water partition coefficient (Wildman–Crippen LogP) is 8.77. The predicted molar refractivity (Wildman–Crippen MR) is 219 cm³/mol. The molecule has 1 aromatic rings. The Hall–Kier alpha value is -4.11. The Kier molecular flexibility index (Phi) is 30.8. The van der Waals surface area contributed by atoms with Crippen LogP contribution in [0.2, 0.25) is 0 Å². The lowest BCUT2D eigenvalue weighted by atomic mass is 10.1. The fourth-order valence-electron chi connectivity index (χ4n) is 4.41. The molecule has 1 atom stereocenters. The van der Waals surface area contributed by atoms with E-state index in [1.165, 1.54) is 29.4 Å². The minimum absolute atomic E-state index is 0.123. The summed E-state index contributed by atoms with van der Waals surface area (Å²) in [6.07, 6.45) is 15.6. The molecule has 1 fully saturated rings. The third kappa shape index (κ3) is 28.3. The normalized spacial score (nSPS) is 14.5. The lowest BCUT2D eigenvalue weighted by molar-refractivity contribution is -0.126. The Morgan fingerprint density at radius 1 is 1.04 bits per heavy atom. The molecule has 2 rings (SSSR count). The summed E-state index contributed by atoms with van der Waals surface area (Å²) >= 11 is 0. The van der Waals surface area contributed by atoms with Gasteiger partial charge in [-0.15, -0.1) is 0 Å². The molecule has 0 bridgehead atoms. The maximum absolute atomic E-state index is 11.6. The number of ether oxygens (including phenoxy) is 1. The number of likely N-dealkylation sites (tertiary alicyclic amines) is 1. The van der Waals surface area contributed by atoms with Crippen molar-refractivity contribution in [1.29, 1.82) is 0 Å². The zero-order valence-electron chi connectivity index (χ0n) is 34.5. The van der Waals surface area contributed by atoms with Gasteiger partial charge in [-0.1, -0.05) is 107 Å². The number of rotatable bonds is 11. The Morgan fingerprint density at radius 2 is 1.63 bits per heavy atom. The van der Waals surface area contributed by atoms with E-state index >= 15 is 0 Å². The molecule has 9 heteroatoms. The molecule has 9 nitrogen and oxygen atoms in total. The van der Waals surface area contributed by atoms with E-state index in [1.807, 2.05) is 84.0 Å². The average molecular weight is 712 g/mol. The van der Waals surface area contributed by atoms with Crippen molar-refractivity contribution in [2.75, 3.05) is 48.3 Å². The van der Waals surface area contributed by atoms with Gasteiger partial charge in [-0.3, -0.25) is 9.59 Å². The van der Waals surface area contributed by atoms with Crippen LogP contribution >= 0.6 is 0 Å². The zero-order valence-corrected chi connectivity index (χ0v) is 34.5. The molecule has 3 N–H and O–H groups in total. The van der Waals surface area contributed by atoms with E-state index in [0.717, 1.165) is 37.9 Å². The summed E-state index contributed by atoms with van der Waals surface area (Å²) in [6, 6.07) is 9.58. The number of carbonyl (C=O) groups is 3. The number of allylic oxidation sites excluding steroid dienone is 6. The molecule has 1 aromatic carbocycles. The maximum atomic E-state index is 11.6. The van der Waals surface area contributed by atoms with Crippen LogP contribution in [0.4, 0.5) is 4.79 Å². The van der Waals surface area contributed by atoms with Gasteiger partial charge in [0.2, 0.25) is 0 Å². The largest absolute Gasteiger partial charge is 0.444 e. The number of likely N-dealkylation sites (N-methyl/N-ethyl adjacent to an activating group) is 3. The molecule has 2 amide bonds. The van der Waals surface area contributed by atoms with Gasteiger partial charge < -0.3 is 30.5 Å². The molecule has 1 unspecified atom stereocenters. The molecule has 1 aliphatic rings.